The molecule has 28 heavy (non-hydrogen) atoms. The first-order valence-corrected chi connectivity index (χ1v) is 11.1. The molecule has 1 aromatic carbocycles. The van der Waals surface area contributed by atoms with Crippen molar-refractivity contribution in [3.63, 3.8) is 0 Å². The predicted molar refractivity (Wildman–Crippen MR) is 108 cm³/mol. The minimum Gasteiger partial charge on any atom is -0.464 e. The van der Waals surface area contributed by atoms with E-state index in [2.05, 4.69) is 5.32 Å². The molecule has 0 spiro atoms. The number of benzene rings is 1. The van der Waals surface area contributed by atoms with Gasteiger partial charge in [0.15, 0.2) is 0 Å². The molecule has 1 amide bonds. The van der Waals surface area contributed by atoms with Crippen molar-refractivity contribution in [3.05, 3.63) is 53.0 Å². The first-order chi connectivity index (χ1) is 13.2. The molecule has 0 bridgehead atoms. The molecule has 2 aromatic rings. The lowest BCUT2D eigenvalue weighted by Crippen LogP contribution is -2.42. The maximum Gasteiger partial charge on any atom is 0.252 e. The molecular formula is C21H28N2O4S. The summed E-state index contributed by atoms with van der Waals surface area (Å²) < 4.78 is 33.3. The van der Waals surface area contributed by atoms with E-state index in [1.165, 1.54) is 6.07 Å². The summed E-state index contributed by atoms with van der Waals surface area (Å²) in [6, 6.07) is 8.09. The number of nitrogens with one attached hydrogen (secondary N) is 1. The summed E-state index contributed by atoms with van der Waals surface area (Å²) in [7, 11) is -3.63. The monoisotopic (exact) mass is 404 g/mol. The van der Waals surface area contributed by atoms with E-state index in [0.29, 0.717) is 17.9 Å². The van der Waals surface area contributed by atoms with E-state index >= 15 is 0 Å². The Balaban J connectivity index is 1.85. The largest absolute Gasteiger partial charge is 0.464 e. The van der Waals surface area contributed by atoms with Crippen LogP contribution in [0.1, 0.15) is 66.6 Å². The van der Waals surface area contributed by atoms with Gasteiger partial charge in [-0.05, 0) is 70.4 Å². The number of sulfonamides is 1. The summed E-state index contributed by atoms with van der Waals surface area (Å²) in [6.45, 7) is 7.94. The van der Waals surface area contributed by atoms with Gasteiger partial charge in [0.05, 0.1) is 10.9 Å². The van der Waals surface area contributed by atoms with Gasteiger partial charge in [-0.15, -0.1) is 0 Å². The molecule has 1 aliphatic heterocycles. The van der Waals surface area contributed by atoms with Gasteiger partial charge in [0.1, 0.15) is 11.5 Å². The number of rotatable bonds is 5. The molecule has 1 saturated heterocycles. The third-order valence-corrected chi connectivity index (χ3v) is 7.35. The fourth-order valence-corrected chi connectivity index (χ4v) is 5.33. The lowest BCUT2D eigenvalue weighted by atomic mass is 10.1. The molecule has 0 aliphatic carbocycles. The van der Waals surface area contributed by atoms with Crippen molar-refractivity contribution in [1.29, 1.82) is 0 Å². The van der Waals surface area contributed by atoms with Gasteiger partial charge in [-0.3, -0.25) is 4.79 Å². The van der Waals surface area contributed by atoms with Crippen molar-refractivity contribution in [2.24, 2.45) is 0 Å². The van der Waals surface area contributed by atoms with Crippen LogP contribution in [0.3, 0.4) is 0 Å². The zero-order chi connectivity index (χ0) is 20.5. The quantitative estimate of drug-likeness (QED) is 0.818. The Labute approximate surface area is 167 Å². The fraction of sp³-hybridized carbons (Fsp3) is 0.476. The van der Waals surface area contributed by atoms with Crippen molar-refractivity contribution >= 4 is 15.9 Å². The third-order valence-electron chi connectivity index (χ3n) is 5.34. The highest BCUT2D eigenvalue weighted by atomic mass is 32.2. The van der Waals surface area contributed by atoms with Crippen molar-refractivity contribution in [2.75, 3.05) is 6.54 Å². The van der Waals surface area contributed by atoms with E-state index in [1.807, 2.05) is 32.9 Å². The summed E-state index contributed by atoms with van der Waals surface area (Å²) in [5.74, 6) is 1.12. The predicted octanol–water partition coefficient (Wildman–Crippen LogP) is 3.95. The van der Waals surface area contributed by atoms with Gasteiger partial charge in [0.2, 0.25) is 10.0 Å². The van der Waals surface area contributed by atoms with Crippen LogP contribution < -0.4 is 5.32 Å². The molecule has 3 rings (SSSR count). The van der Waals surface area contributed by atoms with Crippen LogP contribution in [0.15, 0.2) is 39.6 Å². The summed E-state index contributed by atoms with van der Waals surface area (Å²) in [4.78, 5) is 13.0. The van der Waals surface area contributed by atoms with Gasteiger partial charge in [0, 0.05) is 18.2 Å². The van der Waals surface area contributed by atoms with Crippen LogP contribution in [-0.4, -0.2) is 31.2 Å². The molecular weight excluding hydrogens is 376 g/mol. The first kappa shape index (κ1) is 20.6. The lowest BCUT2D eigenvalue weighted by Gasteiger charge is -2.32. The Kier molecular flexibility index (Phi) is 5.95. The van der Waals surface area contributed by atoms with Crippen LogP contribution in [0.25, 0.3) is 0 Å². The molecule has 2 unspecified atom stereocenters. The van der Waals surface area contributed by atoms with E-state index in [-0.39, 0.29) is 22.9 Å². The van der Waals surface area contributed by atoms with Crippen molar-refractivity contribution < 1.29 is 17.6 Å². The Bertz CT molecular complexity index is 965. The summed E-state index contributed by atoms with van der Waals surface area (Å²) in [6.07, 6.45) is 2.76. The van der Waals surface area contributed by atoms with Crippen LogP contribution in [0.5, 0.6) is 0 Å². The minimum absolute atomic E-state index is 0.0282. The Morgan fingerprint density at radius 3 is 2.61 bits per heavy atom. The molecule has 0 radical (unpaired) electrons. The summed E-state index contributed by atoms with van der Waals surface area (Å²) in [5, 5.41) is 2.89. The van der Waals surface area contributed by atoms with E-state index in [1.54, 1.807) is 23.4 Å². The molecule has 1 aromatic heterocycles. The number of amides is 1. The number of aryl methyl sites for hydroxylation is 2. The van der Waals surface area contributed by atoms with Crippen LogP contribution in [0.2, 0.25) is 0 Å². The molecule has 1 N–H and O–H groups in total. The van der Waals surface area contributed by atoms with E-state index < -0.39 is 10.0 Å². The number of hydrogen-bond acceptors (Lipinski definition) is 4. The first-order valence-electron chi connectivity index (χ1n) is 9.70. The molecule has 7 heteroatoms. The Morgan fingerprint density at radius 1 is 1.21 bits per heavy atom. The highest BCUT2D eigenvalue weighted by Crippen LogP contribution is 2.26. The molecule has 152 valence electrons. The van der Waals surface area contributed by atoms with Gasteiger partial charge in [-0.2, -0.15) is 4.31 Å². The van der Waals surface area contributed by atoms with Gasteiger partial charge < -0.3 is 9.73 Å². The number of carbonyl (C=O) groups is 1. The fourth-order valence-electron chi connectivity index (χ4n) is 3.60. The number of piperidine rings is 1. The number of carbonyl (C=O) groups excluding carboxylic acids is 1. The van der Waals surface area contributed by atoms with Crippen LogP contribution in [0, 0.1) is 13.8 Å². The average molecular weight is 405 g/mol. The van der Waals surface area contributed by atoms with E-state index in [0.717, 1.165) is 30.6 Å². The van der Waals surface area contributed by atoms with E-state index in [4.69, 9.17) is 4.42 Å². The molecule has 0 saturated carbocycles. The van der Waals surface area contributed by atoms with Crippen LogP contribution in [-0.2, 0) is 10.0 Å². The Hall–Kier alpha value is -2.12. The second-order valence-electron chi connectivity index (χ2n) is 7.58. The van der Waals surface area contributed by atoms with Gasteiger partial charge >= 0.3 is 0 Å². The third kappa shape index (κ3) is 4.15. The molecule has 2 heterocycles. The smallest absolute Gasteiger partial charge is 0.252 e. The zero-order valence-electron chi connectivity index (χ0n) is 16.9. The maximum absolute atomic E-state index is 13.1. The standard InChI is InChI=1S/C21H28N2O4S/c1-14-8-10-18(28(25,26)23-12-6-5-7-15(23)2)13-19(14)21(24)22-17(4)20-11-9-16(3)27-20/h8-11,13,15,17H,5-7,12H2,1-4H3,(H,22,24). The molecule has 6 nitrogen and oxygen atoms in total. The molecule has 1 aliphatic rings. The second kappa shape index (κ2) is 8.09. The highest BCUT2D eigenvalue weighted by Gasteiger charge is 2.31. The van der Waals surface area contributed by atoms with Crippen molar-refractivity contribution in [2.45, 2.75) is 63.9 Å². The normalized spacial score (nSPS) is 19.4. The highest BCUT2D eigenvalue weighted by molar-refractivity contribution is 7.89. The van der Waals surface area contributed by atoms with Gasteiger partial charge in [0.25, 0.3) is 5.91 Å². The van der Waals surface area contributed by atoms with Gasteiger partial charge in [-0.1, -0.05) is 12.5 Å². The van der Waals surface area contributed by atoms with Gasteiger partial charge in [-0.25, -0.2) is 8.42 Å². The van der Waals surface area contributed by atoms with E-state index in [9.17, 15) is 13.2 Å². The molecule has 1 fully saturated rings. The number of hydrogen-bond donors (Lipinski definition) is 1. The van der Waals surface area contributed by atoms with Crippen molar-refractivity contribution in [1.82, 2.24) is 9.62 Å². The minimum atomic E-state index is -3.63. The number of nitrogens with zero attached hydrogens (tertiary/aromatic N) is 1. The zero-order valence-corrected chi connectivity index (χ0v) is 17.7. The second-order valence-corrected chi connectivity index (χ2v) is 9.47. The van der Waals surface area contributed by atoms with Crippen LogP contribution in [0.4, 0.5) is 0 Å². The Morgan fingerprint density at radius 2 is 1.96 bits per heavy atom. The summed E-state index contributed by atoms with van der Waals surface area (Å²) >= 11 is 0. The topological polar surface area (TPSA) is 79.6 Å². The lowest BCUT2D eigenvalue weighted by molar-refractivity contribution is 0.0934. The number of furan rings is 1. The average Bonchev–Trinajstić information content (AvgIpc) is 3.08. The summed E-state index contributed by atoms with van der Waals surface area (Å²) in [5.41, 5.74) is 1.09. The van der Waals surface area contributed by atoms with Crippen molar-refractivity contribution in [3.8, 4) is 0 Å². The maximum atomic E-state index is 13.1. The van der Waals surface area contributed by atoms with Crippen LogP contribution >= 0.6 is 0 Å². The molecule has 2 atom stereocenters. The SMILES string of the molecule is Cc1ccc(C(C)NC(=O)c2cc(S(=O)(=O)N3CCCCC3C)ccc2C)o1.